The van der Waals surface area contributed by atoms with Gasteiger partial charge in [0.15, 0.2) is 0 Å². The first-order valence-corrected chi connectivity index (χ1v) is 16.4. The standard InChI is InChI=1S/C38H44N6O5/c1-25-21-44(26(2)24-45)36(46)20-29-19-31(41-38(48)40-30-9-5-4-6-10-30)17-18-34(29)49-35(25)23-43(3)22-27-13-15-28(16-14-27)37(47)42-33-12-8-7-11-32(33)39/h4-19,25-26,35,45H,20-24,39H2,1-3H3,(H,42,47)(H2,40,41,48)/t25-,26-,35-/m0/s1. The summed E-state index contributed by atoms with van der Waals surface area (Å²) in [6.45, 7) is 5.27. The fourth-order valence-electron chi connectivity index (χ4n) is 5.79. The molecule has 256 valence electrons. The third kappa shape index (κ3) is 9.37. The zero-order valence-electron chi connectivity index (χ0n) is 28.1. The molecule has 1 aliphatic heterocycles. The van der Waals surface area contributed by atoms with Crippen LogP contribution in [0, 0.1) is 5.92 Å². The molecule has 0 fully saturated rings. The summed E-state index contributed by atoms with van der Waals surface area (Å²) >= 11 is 0. The van der Waals surface area contributed by atoms with Crippen LogP contribution in [0.5, 0.6) is 5.75 Å². The number of hydrogen-bond acceptors (Lipinski definition) is 7. The van der Waals surface area contributed by atoms with Crippen LogP contribution in [0.15, 0.2) is 97.1 Å². The molecule has 0 aromatic heterocycles. The smallest absolute Gasteiger partial charge is 0.323 e. The highest BCUT2D eigenvalue weighted by Gasteiger charge is 2.31. The second kappa shape index (κ2) is 16.1. The number of para-hydroxylation sites is 3. The maximum atomic E-state index is 13.6. The first-order chi connectivity index (χ1) is 23.6. The number of urea groups is 1. The van der Waals surface area contributed by atoms with Crippen molar-refractivity contribution in [3.8, 4) is 5.75 Å². The molecule has 4 amide bonds. The normalized spacial score (nSPS) is 16.8. The van der Waals surface area contributed by atoms with Crippen LogP contribution in [0.1, 0.15) is 35.3 Å². The summed E-state index contributed by atoms with van der Waals surface area (Å²) in [6, 6.07) is 28.2. The minimum absolute atomic E-state index is 0.0571. The van der Waals surface area contributed by atoms with Crippen molar-refractivity contribution in [1.82, 2.24) is 9.80 Å². The molecule has 0 saturated heterocycles. The van der Waals surface area contributed by atoms with Gasteiger partial charge in [0.25, 0.3) is 5.91 Å². The largest absolute Gasteiger partial charge is 0.488 e. The minimum atomic E-state index is -0.403. The Morgan fingerprint density at radius 3 is 2.37 bits per heavy atom. The van der Waals surface area contributed by atoms with E-state index >= 15 is 0 Å². The summed E-state index contributed by atoms with van der Waals surface area (Å²) in [5.74, 6) is 0.130. The molecule has 1 aliphatic rings. The van der Waals surface area contributed by atoms with Crippen molar-refractivity contribution in [3.63, 3.8) is 0 Å². The Balaban J connectivity index is 1.29. The van der Waals surface area contributed by atoms with E-state index in [4.69, 9.17) is 10.5 Å². The monoisotopic (exact) mass is 664 g/mol. The van der Waals surface area contributed by atoms with Crippen molar-refractivity contribution in [2.24, 2.45) is 5.92 Å². The van der Waals surface area contributed by atoms with Gasteiger partial charge < -0.3 is 36.4 Å². The Labute approximate surface area is 287 Å². The number of benzene rings is 4. The second-order valence-corrected chi connectivity index (χ2v) is 12.6. The summed E-state index contributed by atoms with van der Waals surface area (Å²) < 4.78 is 6.65. The van der Waals surface area contributed by atoms with Gasteiger partial charge in [-0.25, -0.2) is 4.79 Å². The number of likely N-dealkylation sites (N-methyl/N-ethyl adjacent to an activating group) is 1. The van der Waals surface area contributed by atoms with E-state index in [1.54, 1.807) is 59.5 Å². The van der Waals surface area contributed by atoms with Crippen LogP contribution in [0.25, 0.3) is 0 Å². The molecule has 1 heterocycles. The van der Waals surface area contributed by atoms with Gasteiger partial charge >= 0.3 is 6.03 Å². The van der Waals surface area contributed by atoms with Gasteiger partial charge in [-0.2, -0.15) is 0 Å². The van der Waals surface area contributed by atoms with Gasteiger partial charge in [-0.15, -0.1) is 0 Å². The molecule has 49 heavy (non-hydrogen) atoms. The van der Waals surface area contributed by atoms with Gasteiger partial charge in [-0.3, -0.25) is 14.5 Å². The molecule has 0 bridgehead atoms. The van der Waals surface area contributed by atoms with Crippen LogP contribution in [0.3, 0.4) is 0 Å². The summed E-state index contributed by atoms with van der Waals surface area (Å²) in [4.78, 5) is 42.9. The maximum Gasteiger partial charge on any atom is 0.323 e. The van der Waals surface area contributed by atoms with E-state index in [9.17, 15) is 19.5 Å². The Morgan fingerprint density at radius 1 is 0.959 bits per heavy atom. The van der Waals surface area contributed by atoms with Gasteiger partial charge in [0.2, 0.25) is 5.91 Å². The van der Waals surface area contributed by atoms with Crippen LogP contribution in [-0.4, -0.2) is 71.6 Å². The molecule has 0 spiro atoms. The number of amides is 4. The van der Waals surface area contributed by atoms with E-state index in [1.165, 1.54) is 0 Å². The maximum absolute atomic E-state index is 13.6. The van der Waals surface area contributed by atoms with Crippen molar-refractivity contribution < 1.29 is 24.2 Å². The van der Waals surface area contributed by atoms with E-state index in [1.807, 2.05) is 63.4 Å². The van der Waals surface area contributed by atoms with Crippen LogP contribution in [-0.2, 0) is 17.8 Å². The lowest BCUT2D eigenvalue weighted by Crippen LogP contribution is -2.47. The zero-order valence-corrected chi connectivity index (χ0v) is 28.1. The first kappa shape index (κ1) is 34.9. The van der Waals surface area contributed by atoms with Gasteiger partial charge in [0.05, 0.1) is 30.4 Å². The van der Waals surface area contributed by atoms with Crippen molar-refractivity contribution in [2.45, 2.75) is 39.0 Å². The number of aliphatic hydroxyl groups excluding tert-OH is 1. The minimum Gasteiger partial charge on any atom is -0.488 e. The molecule has 4 aromatic rings. The van der Waals surface area contributed by atoms with E-state index in [0.717, 1.165) is 5.56 Å². The molecule has 3 atom stereocenters. The van der Waals surface area contributed by atoms with Crippen molar-refractivity contribution >= 4 is 40.6 Å². The van der Waals surface area contributed by atoms with Gasteiger partial charge in [0, 0.05) is 48.1 Å². The third-order valence-electron chi connectivity index (χ3n) is 8.58. The topological polar surface area (TPSA) is 149 Å². The SMILES string of the molecule is C[C@H]1CN([C@@H](C)CO)C(=O)Cc2cc(NC(=O)Nc3ccccc3)ccc2O[C@H]1CN(C)Cc1ccc(C(=O)Nc2ccccc2N)cc1. The number of carbonyl (C=O) groups is 3. The molecular formula is C38H44N6O5. The Bertz CT molecular complexity index is 1750. The fraction of sp³-hybridized carbons (Fsp3) is 0.289. The third-order valence-corrected chi connectivity index (χ3v) is 8.58. The summed E-state index contributed by atoms with van der Waals surface area (Å²) in [5.41, 5.74) is 10.4. The van der Waals surface area contributed by atoms with Crippen molar-refractivity contribution in [1.29, 1.82) is 0 Å². The highest BCUT2D eigenvalue weighted by atomic mass is 16.5. The average Bonchev–Trinajstić information content (AvgIpc) is 3.13. The molecule has 0 saturated carbocycles. The fourth-order valence-corrected chi connectivity index (χ4v) is 5.79. The Morgan fingerprint density at radius 2 is 1.65 bits per heavy atom. The van der Waals surface area contributed by atoms with E-state index in [-0.39, 0.29) is 42.9 Å². The second-order valence-electron chi connectivity index (χ2n) is 12.6. The van der Waals surface area contributed by atoms with E-state index in [0.29, 0.717) is 59.3 Å². The molecule has 0 aliphatic carbocycles. The Hall–Kier alpha value is -5.39. The number of nitrogens with zero attached hydrogens (tertiary/aromatic N) is 2. The van der Waals surface area contributed by atoms with Gasteiger partial charge in [0.1, 0.15) is 11.9 Å². The van der Waals surface area contributed by atoms with Crippen LogP contribution in [0.2, 0.25) is 0 Å². The van der Waals surface area contributed by atoms with Crippen LogP contribution < -0.4 is 26.4 Å². The molecule has 0 radical (unpaired) electrons. The number of rotatable bonds is 10. The van der Waals surface area contributed by atoms with Crippen LogP contribution >= 0.6 is 0 Å². The van der Waals surface area contributed by atoms with Crippen molar-refractivity contribution in [2.75, 3.05) is 48.4 Å². The molecule has 4 aromatic carbocycles. The first-order valence-electron chi connectivity index (χ1n) is 16.4. The Kier molecular flexibility index (Phi) is 11.5. The number of fused-ring (bicyclic) bond motifs is 1. The lowest BCUT2D eigenvalue weighted by Gasteiger charge is -2.34. The van der Waals surface area contributed by atoms with Crippen LogP contribution in [0.4, 0.5) is 27.5 Å². The lowest BCUT2D eigenvalue weighted by molar-refractivity contribution is -0.134. The molecule has 11 heteroatoms. The van der Waals surface area contributed by atoms with Gasteiger partial charge in [-0.05, 0) is 74.1 Å². The number of nitrogens with two attached hydrogens (primary N) is 1. The molecule has 6 N–H and O–H groups in total. The summed E-state index contributed by atoms with van der Waals surface area (Å²) in [7, 11) is 2.00. The number of aliphatic hydroxyl groups is 1. The number of nitrogens with one attached hydrogen (secondary N) is 3. The number of nitrogen functional groups attached to an aromatic ring is 1. The molecular weight excluding hydrogens is 620 g/mol. The summed E-state index contributed by atoms with van der Waals surface area (Å²) in [6.07, 6.45) is -0.244. The number of anilines is 4. The van der Waals surface area contributed by atoms with E-state index < -0.39 is 6.03 Å². The summed E-state index contributed by atoms with van der Waals surface area (Å²) in [5, 5.41) is 18.5. The predicted molar refractivity (Wildman–Crippen MR) is 193 cm³/mol. The molecule has 5 rings (SSSR count). The number of ether oxygens (including phenoxy) is 1. The average molecular weight is 665 g/mol. The number of hydrogen-bond donors (Lipinski definition) is 5. The van der Waals surface area contributed by atoms with Gasteiger partial charge in [-0.1, -0.05) is 49.4 Å². The number of carbonyl (C=O) groups excluding carboxylic acids is 3. The van der Waals surface area contributed by atoms with E-state index in [2.05, 4.69) is 20.9 Å². The molecule has 11 nitrogen and oxygen atoms in total. The predicted octanol–water partition coefficient (Wildman–Crippen LogP) is 5.45. The van der Waals surface area contributed by atoms with Crippen molar-refractivity contribution in [3.05, 3.63) is 114 Å². The highest BCUT2D eigenvalue weighted by Crippen LogP contribution is 2.29. The highest BCUT2D eigenvalue weighted by molar-refractivity contribution is 6.05. The molecule has 0 unspecified atom stereocenters. The quantitative estimate of drug-likeness (QED) is 0.142. The lowest BCUT2D eigenvalue weighted by atomic mass is 10.0. The zero-order chi connectivity index (χ0) is 34.9.